The number of nitrogens with zero attached hydrogens (tertiary/aromatic N) is 4. The molecule has 8 nitrogen and oxygen atoms in total. The first-order valence-corrected chi connectivity index (χ1v) is 10.9. The molecule has 1 fully saturated rings. The van der Waals surface area contributed by atoms with E-state index in [-0.39, 0.29) is 5.91 Å². The first kappa shape index (κ1) is 22.5. The van der Waals surface area contributed by atoms with E-state index in [1.165, 1.54) is 0 Å². The number of carbonyl (C=O) groups excluding carboxylic acids is 1. The second kappa shape index (κ2) is 10.3. The van der Waals surface area contributed by atoms with Crippen LogP contribution in [0.2, 0.25) is 0 Å². The fraction of sp³-hybridized carbons (Fsp3) is 0.320. The van der Waals surface area contributed by atoms with E-state index in [4.69, 9.17) is 14.0 Å². The van der Waals surface area contributed by atoms with Crippen LogP contribution in [0, 0.1) is 6.92 Å². The van der Waals surface area contributed by atoms with Crippen molar-refractivity contribution in [1.29, 1.82) is 0 Å². The van der Waals surface area contributed by atoms with Gasteiger partial charge in [-0.2, -0.15) is 4.98 Å². The van der Waals surface area contributed by atoms with Crippen LogP contribution in [0.15, 0.2) is 53.1 Å². The summed E-state index contributed by atoms with van der Waals surface area (Å²) in [5.74, 6) is 2.65. The van der Waals surface area contributed by atoms with Gasteiger partial charge in [-0.1, -0.05) is 16.8 Å². The molecule has 8 heteroatoms. The smallest absolute Gasteiger partial charge is 0.246 e. The summed E-state index contributed by atoms with van der Waals surface area (Å²) in [6.07, 6.45) is 3.44. The van der Waals surface area contributed by atoms with Crippen molar-refractivity contribution in [3.63, 3.8) is 0 Å². The molecule has 33 heavy (non-hydrogen) atoms. The lowest BCUT2D eigenvalue weighted by molar-refractivity contribution is -0.127. The van der Waals surface area contributed by atoms with E-state index in [0.717, 1.165) is 41.3 Å². The maximum atomic E-state index is 12.7. The molecule has 1 saturated heterocycles. The topological polar surface area (TPSA) is 80.9 Å². The van der Waals surface area contributed by atoms with Crippen molar-refractivity contribution in [3.8, 4) is 22.9 Å². The van der Waals surface area contributed by atoms with Crippen LogP contribution in [-0.4, -0.2) is 66.2 Å². The number of ether oxygens (including phenoxy) is 2. The van der Waals surface area contributed by atoms with Gasteiger partial charge in [0.05, 0.1) is 20.8 Å². The lowest BCUT2D eigenvalue weighted by atomic mass is 10.1. The lowest BCUT2D eigenvalue weighted by Gasteiger charge is -2.33. The summed E-state index contributed by atoms with van der Waals surface area (Å²) >= 11 is 0. The van der Waals surface area contributed by atoms with Crippen LogP contribution < -0.4 is 9.47 Å². The molecule has 0 atom stereocenters. The van der Waals surface area contributed by atoms with Crippen molar-refractivity contribution in [2.75, 3.05) is 40.4 Å². The molecule has 1 amide bonds. The number of amides is 1. The predicted octanol–water partition coefficient (Wildman–Crippen LogP) is 3.42. The van der Waals surface area contributed by atoms with E-state index in [2.05, 4.69) is 15.0 Å². The largest absolute Gasteiger partial charge is 0.497 e. The fourth-order valence-corrected chi connectivity index (χ4v) is 3.74. The zero-order valence-corrected chi connectivity index (χ0v) is 19.2. The molecule has 0 N–H and O–H groups in total. The van der Waals surface area contributed by atoms with Crippen LogP contribution in [0.25, 0.3) is 17.5 Å². The Kier molecular flexibility index (Phi) is 7.04. The first-order valence-electron chi connectivity index (χ1n) is 10.9. The van der Waals surface area contributed by atoms with E-state index in [9.17, 15) is 4.79 Å². The summed E-state index contributed by atoms with van der Waals surface area (Å²) in [7, 11) is 3.26. The van der Waals surface area contributed by atoms with Gasteiger partial charge in [0.1, 0.15) is 11.5 Å². The molecule has 0 aliphatic carbocycles. The molecule has 1 aliphatic rings. The summed E-state index contributed by atoms with van der Waals surface area (Å²) in [5.41, 5.74) is 2.89. The Labute approximate surface area is 193 Å². The molecule has 4 rings (SSSR count). The maximum Gasteiger partial charge on any atom is 0.246 e. The third-order valence-electron chi connectivity index (χ3n) is 5.65. The molecule has 0 unspecified atom stereocenters. The highest BCUT2D eigenvalue weighted by Crippen LogP contribution is 2.22. The molecule has 0 spiro atoms. The molecule has 0 bridgehead atoms. The van der Waals surface area contributed by atoms with Crippen molar-refractivity contribution in [2.45, 2.75) is 13.5 Å². The Hall–Kier alpha value is -3.65. The molecule has 0 radical (unpaired) electrons. The molecule has 3 aromatic rings. The molecule has 1 aliphatic heterocycles. The fourth-order valence-electron chi connectivity index (χ4n) is 3.74. The summed E-state index contributed by atoms with van der Waals surface area (Å²) in [6, 6.07) is 13.4. The molecule has 1 aromatic heterocycles. The van der Waals surface area contributed by atoms with Gasteiger partial charge >= 0.3 is 0 Å². The predicted molar refractivity (Wildman–Crippen MR) is 125 cm³/mol. The number of benzene rings is 2. The number of methoxy groups -OCH3 is 2. The second-order valence-electron chi connectivity index (χ2n) is 7.92. The minimum atomic E-state index is -0.00204. The third kappa shape index (κ3) is 5.59. The van der Waals surface area contributed by atoms with Crippen molar-refractivity contribution in [2.24, 2.45) is 0 Å². The molecule has 172 valence electrons. The minimum absolute atomic E-state index is 0.00204. The van der Waals surface area contributed by atoms with E-state index in [0.29, 0.717) is 31.3 Å². The van der Waals surface area contributed by atoms with Crippen LogP contribution in [0.3, 0.4) is 0 Å². The van der Waals surface area contributed by atoms with Gasteiger partial charge in [-0.05, 0) is 49.4 Å². The molecular weight excluding hydrogens is 420 g/mol. The Morgan fingerprint density at radius 1 is 1.06 bits per heavy atom. The lowest BCUT2D eigenvalue weighted by Crippen LogP contribution is -2.47. The SMILES string of the molecule is COc1ccc(-c2noc(CN3CCN(C(=O)/C=C/c4cc(C)ccc4OC)CC3)n2)cc1. The maximum absolute atomic E-state index is 12.7. The van der Waals surface area contributed by atoms with E-state index >= 15 is 0 Å². The van der Waals surface area contributed by atoms with Crippen LogP contribution in [-0.2, 0) is 11.3 Å². The van der Waals surface area contributed by atoms with Crippen molar-refractivity contribution < 1.29 is 18.8 Å². The average Bonchev–Trinajstić information content (AvgIpc) is 3.31. The van der Waals surface area contributed by atoms with Gasteiger partial charge in [-0.3, -0.25) is 9.69 Å². The van der Waals surface area contributed by atoms with Crippen molar-refractivity contribution in [3.05, 3.63) is 65.6 Å². The van der Waals surface area contributed by atoms with E-state index < -0.39 is 0 Å². The highest BCUT2D eigenvalue weighted by molar-refractivity contribution is 5.92. The highest BCUT2D eigenvalue weighted by Gasteiger charge is 2.21. The van der Waals surface area contributed by atoms with Crippen molar-refractivity contribution in [1.82, 2.24) is 19.9 Å². The van der Waals surface area contributed by atoms with Crippen molar-refractivity contribution >= 4 is 12.0 Å². The van der Waals surface area contributed by atoms with Crippen LogP contribution in [0.4, 0.5) is 0 Å². The number of piperazine rings is 1. The molecule has 2 heterocycles. The van der Waals surface area contributed by atoms with Gasteiger partial charge in [-0.15, -0.1) is 0 Å². The van der Waals surface area contributed by atoms with Crippen LogP contribution in [0.1, 0.15) is 17.0 Å². The summed E-state index contributed by atoms with van der Waals surface area (Å²) < 4.78 is 16.0. The Bertz CT molecular complexity index is 1120. The summed E-state index contributed by atoms with van der Waals surface area (Å²) in [4.78, 5) is 21.2. The number of aryl methyl sites for hydroxylation is 1. The normalized spacial score (nSPS) is 14.6. The molecule has 2 aromatic carbocycles. The Balaban J connectivity index is 1.30. The second-order valence-corrected chi connectivity index (χ2v) is 7.92. The summed E-state index contributed by atoms with van der Waals surface area (Å²) in [5, 5.41) is 4.09. The quantitative estimate of drug-likeness (QED) is 0.512. The van der Waals surface area contributed by atoms with Crippen LogP contribution in [0.5, 0.6) is 11.5 Å². The highest BCUT2D eigenvalue weighted by atomic mass is 16.5. The Morgan fingerprint density at radius 2 is 1.82 bits per heavy atom. The van der Waals surface area contributed by atoms with Gasteiger partial charge in [0.15, 0.2) is 0 Å². The standard InChI is InChI=1S/C25H28N4O4/c1-18-4-10-22(32-3)20(16-18)7-11-24(30)29-14-12-28(13-15-29)17-23-26-25(27-33-23)19-5-8-21(31-2)9-6-19/h4-11,16H,12-15,17H2,1-3H3/b11-7+. The monoisotopic (exact) mass is 448 g/mol. The third-order valence-corrected chi connectivity index (χ3v) is 5.65. The number of hydrogen-bond acceptors (Lipinski definition) is 7. The van der Waals surface area contributed by atoms with Crippen LogP contribution >= 0.6 is 0 Å². The van der Waals surface area contributed by atoms with Gasteiger partial charge in [-0.25, -0.2) is 0 Å². The van der Waals surface area contributed by atoms with Gasteiger partial charge in [0.2, 0.25) is 17.6 Å². The zero-order chi connectivity index (χ0) is 23.2. The number of aromatic nitrogens is 2. The van der Waals surface area contributed by atoms with E-state index in [1.54, 1.807) is 20.3 Å². The zero-order valence-electron chi connectivity index (χ0n) is 19.2. The van der Waals surface area contributed by atoms with Gasteiger partial charge in [0, 0.05) is 43.4 Å². The minimum Gasteiger partial charge on any atom is -0.497 e. The number of hydrogen-bond donors (Lipinski definition) is 0. The van der Waals surface area contributed by atoms with E-state index in [1.807, 2.05) is 60.4 Å². The number of carbonyl (C=O) groups is 1. The molecule has 0 saturated carbocycles. The number of rotatable bonds is 7. The summed E-state index contributed by atoms with van der Waals surface area (Å²) in [6.45, 7) is 5.35. The molecular formula is C25H28N4O4. The average molecular weight is 449 g/mol. The first-order chi connectivity index (χ1) is 16.1. The Morgan fingerprint density at radius 3 is 2.52 bits per heavy atom. The van der Waals surface area contributed by atoms with Gasteiger partial charge < -0.3 is 18.9 Å². The van der Waals surface area contributed by atoms with Gasteiger partial charge in [0.25, 0.3) is 0 Å².